The van der Waals surface area contributed by atoms with Gasteiger partial charge in [0.05, 0.1) is 29.6 Å². The lowest BCUT2D eigenvalue weighted by Crippen LogP contribution is -2.54. The summed E-state index contributed by atoms with van der Waals surface area (Å²) in [5, 5.41) is 10.3. The minimum atomic E-state index is -0.975. The third kappa shape index (κ3) is 5.52. The Labute approximate surface area is 266 Å². The van der Waals surface area contributed by atoms with Crippen molar-refractivity contribution in [2.75, 3.05) is 31.6 Å². The number of carboxylic acid groups (broad SMARTS) is 1. The van der Waals surface area contributed by atoms with Crippen molar-refractivity contribution < 1.29 is 24.2 Å². The third-order valence-electron chi connectivity index (χ3n) is 8.69. The van der Waals surface area contributed by atoms with E-state index in [0.717, 1.165) is 29.7 Å². The van der Waals surface area contributed by atoms with Crippen LogP contribution < -0.4 is 20.1 Å². The van der Waals surface area contributed by atoms with E-state index >= 15 is 0 Å². The number of esters is 1. The zero-order valence-corrected chi connectivity index (χ0v) is 26.9. The Bertz CT molecular complexity index is 1920. The lowest BCUT2D eigenvalue weighted by molar-refractivity contribution is -0.131. The molecule has 1 aliphatic carbocycles. The van der Waals surface area contributed by atoms with Gasteiger partial charge in [-0.3, -0.25) is 9.78 Å². The van der Waals surface area contributed by atoms with Crippen LogP contribution in [0.25, 0.3) is 28.0 Å². The molecule has 2 aliphatic rings. The molecule has 1 saturated carbocycles. The van der Waals surface area contributed by atoms with Crippen LogP contribution in [0.4, 0.5) is 10.6 Å². The van der Waals surface area contributed by atoms with E-state index in [1.807, 2.05) is 50.8 Å². The number of fused-ring (bicyclic) bond motifs is 1. The van der Waals surface area contributed by atoms with Gasteiger partial charge in [0.15, 0.2) is 17.1 Å². The van der Waals surface area contributed by atoms with Gasteiger partial charge in [-0.25, -0.2) is 19.1 Å². The van der Waals surface area contributed by atoms with Crippen LogP contribution in [-0.4, -0.2) is 74.4 Å². The van der Waals surface area contributed by atoms with Gasteiger partial charge in [0.1, 0.15) is 5.82 Å². The predicted molar refractivity (Wildman–Crippen MR) is 173 cm³/mol. The van der Waals surface area contributed by atoms with Crippen LogP contribution in [0.2, 0.25) is 0 Å². The second kappa shape index (κ2) is 12.1. The molecule has 1 atom stereocenters. The number of carbonyl (C=O) groups is 2. The van der Waals surface area contributed by atoms with Crippen LogP contribution in [0, 0.1) is 6.92 Å². The first kappa shape index (κ1) is 31.0. The molecule has 0 radical (unpaired) electrons. The number of methoxy groups -OCH3 is 1. The molecule has 1 unspecified atom stereocenters. The second-order valence-corrected chi connectivity index (χ2v) is 12.3. The van der Waals surface area contributed by atoms with Gasteiger partial charge in [0.25, 0.3) is 0 Å². The molecule has 12 heteroatoms. The predicted octanol–water partition coefficient (Wildman–Crippen LogP) is 5.27. The molecule has 4 heterocycles. The van der Waals surface area contributed by atoms with E-state index in [-0.39, 0.29) is 36.7 Å². The smallest absolute Gasteiger partial charge is 0.407 e. The first-order valence-corrected chi connectivity index (χ1v) is 15.5. The van der Waals surface area contributed by atoms with Gasteiger partial charge >= 0.3 is 17.8 Å². The molecule has 0 spiro atoms. The fourth-order valence-corrected chi connectivity index (χ4v) is 6.33. The van der Waals surface area contributed by atoms with Crippen molar-refractivity contribution in [3.8, 4) is 28.4 Å². The maximum absolute atomic E-state index is 14.3. The lowest BCUT2D eigenvalue weighted by atomic mass is 9.99. The van der Waals surface area contributed by atoms with Crippen molar-refractivity contribution >= 4 is 28.9 Å². The third-order valence-corrected chi connectivity index (χ3v) is 8.69. The van der Waals surface area contributed by atoms with Gasteiger partial charge in [0.2, 0.25) is 0 Å². The number of aromatic nitrogens is 4. The van der Waals surface area contributed by atoms with Crippen LogP contribution in [-0.2, 0) is 4.79 Å². The summed E-state index contributed by atoms with van der Waals surface area (Å²) in [6.45, 7) is 10.2. The number of hydrogen-bond donors (Lipinski definition) is 1. The van der Waals surface area contributed by atoms with E-state index < -0.39 is 17.8 Å². The molecule has 1 aliphatic heterocycles. The van der Waals surface area contributed by atoms with E-state index in [0.29, 0.717) is 46.1 Å². The number of anilines is 1. The number of piperazine rings is 1. The molecule has 1 aromatic carbocycles. The minimum absolute atomic E-state index is 0.000179. The molecular weight excluding hydrogens is 588 g/mol. The average Bonchev–Trinajstić information content (AvgIpc) is 3.86. The summed E-state index contributed by atoms with van der Waals surface area (Å²) in [5.74, 6) is 0.829. The Morgan fingerprint density at radius 3 is 2.50 bits per heavy atom. The monoisotopic (exact) mass is 626 g/mol. The summed E-state index contributed by atoms with van der Waals surface area (Å²) in [7, 11) is 1.52. The van der Waals surface area contributed by atoms with E-state index in [9.17, 15) is 19.5 Å². The lowest BCUT2D eigenvalue weighted by Gasteiger charge is -2.39. The highest BCUT2D eigenvalue weighted by atomic mass is 16.6. The van der Waals surface area contributed by atoms with Gasteiger partial charge in [-0.1, -0.05) is 19.9 Å². The zero-order chi connectivity index (χ0) is 32.9. The highest BCUT2D eigenvalue weighted by molar-refractivity contribution is 5.93. The van der Waals surface area contributed by atoms with Crippen molar-refractivity contribution in [1.82, 2.24) is 24.4 Å². The quantitative estimate of drug-likeness (QED) is 0.213. The minimum Gasteiger partial charge on any atom is -0.493 e. The van der Waals surface area contributed by atoms with Crippen molar-refractivity contribution in [3.05, 3.63) is 63.8 Å². The number of aryl methyl sites for hydroxylation is 1. The summed E-state index contributed by atoms with van der Waals surface area (Å²) in [4.78, 5) is 56.2. The molecule has 1 N–H and O–H groups in total. The maximum atomic E-state index is 14.3. The normalized spacial score (nSPS) is 16.6. The van der Waals surface area contributed by atoms with Gasteiger partial charge in [-0.2, -0.15) is 4.98 Å². The number of rotatable bonds is 7. The molecule has 0 bridgehead atoms. The maximum Gasteiger partial charge on any atom is 0.407 e. The van der Waals surface area contributed by atoms with E-state index in [4.69, 9.17) is 14.5 Å². The number of pyridine rings is 2. The number of amides is 1. The van der Waals surface area contributed by atoms with E-state index in [1.54, 1.807) is 16.8 Å². The van der Waals surface area contributed by atoms with E-state index in [2.05, 4.69) is 16.0 Å². The summed E-state index contributed by atoms with van der Waals surface area (Å²) < 4.78 is 12.8. The summed E-state index contributed by atoms with van der Waals surface area (Å²) >= 11 is 0. The molecule has 240 valence electrons. The topological polar surface area (TPSA) is 140 Å². The van der Waals surface area contributed by atoms with Gasteiger partial charge in [-0.05, 0) is 73.9 Å². The van der Waals surface area contributed by atoms with Gasteiger partial charge in [0, 0.05) is 44.4 Å². The Balaban J connectivity index is 1.70. The zero-order valence-electron chi connectivity index (χ0n) is 26.9. The molecule has 1 saturated heterocycles. The number of benzene rings is 1. The summed E-state index contributed by atoms with van der Waals surface area (Å²) in [6.07, 6.45) is 2.68. The Kier molecular flexibility index (Phi) is 8.13. The SMILES string of the molecule is COc1cccc(-c2nc3c(cc2C2CC2)c(N2CCN(C(=O)O)CC2C)nc(=O)n3-c2c(C)ccnc2C(C)C)c1OC(C)=O. The fourth-order valence-electron chi connectivity index (χ4n) is 6.33. The van der Waals surface area contributed by atoms with Gasteiger partial charge < -0.3 is 24.4 Å². The van der Waals surface area contributed by atoms with Crippen LogP contribution in [0.3, 0.4) is 0 Å². The number of ether oxygens (including phenoxy) is 2. The second-order valence-electron chi connectivity index (χ2n) is 12.3. The Hall–Kier alpha value is -5.00. The fraction of sp³-hybridized carbons (Fsp3) is 0.412. The average molecular weight is 627 g/mol. The number of para-hydroxylation sites is 1. The number of hydrogen-bond acceptors (Lipinski definition) is 9. The first-order chi connectivity index (χ1) is 22.0. The number of carbonyl (C=O) groups excluding carboxylic acids is 1. The molecule has 1 amide bonds. The summed E-state index contributed by atoms with van der Waals surface area (Å²) in [5.41, 5.74) is 4.19. The molecule has 46 heavy (non-hydrogen) atoms. The Morgan fingerprint density at radius 1 is 1.11 bits per heavy atom. The van der Waals surface area contributed by atoms with Crippen molar-refractivity contribution in [2.45, 2.75) is 65.3 Å². The van der Waals surface area contributed by atoms with Crippen molar-refractivity contribution in [2.24, 2.45) is 0 Å². The first-order valence-electron chi connectivity index (χ1n) is 15.5. The summed E-state index contributed by atoms with van der Waals surface area (Å²) in [6, 6.07) is 9.07. The standard InChI is InChI=1S/C34H38N6O6/c1-18(2)27-29(19(3)12-13-35-27)40-32-25(31(37-33(40)42)39-15-14-38(34(43)44)17-20(39)4)16-24(22-10-11-22)28(36-32)23-8-7-9-26(45-6)30(23)46-21(5)41/h7-9,12-13,16,18,20,22H,10-11,14-15,17H2,1-6H3,(H,43,44). The molecule has 4 aromatic rings. The van der Waals surface area contributed by atoms with E-state index in [1.165, 1.54) is 18.9 Å². The molecule has 6 rings (SSSR count). The Morgan fingerprint density at radius 2 is 1.87 bits per heavy atom. The molecular formula is C34H38N6O6. The number of nitrogens with zero attached hydrogens (tertiary/aromatic N) is 6. The largest absolute Gasteiger partial charge is 0.493 e. The van der Waals surface area contributed by atoms with Crippen molar-refractivity contribution in [1.29, 1.82) is 0 Å². The highest BCUT2D eigenvalue weighted by Gasteiger charge is 2.34. The van der Waals surface area contributed by atoms with Crippen molar-refractivity contribution in [3.63, 3.8) is 0 Å². The molecule has 3 aromatic heterocycles. The van der Waals surface area contributed by atoms with Crippen LogP contribution in [0.5, 0.6) is 11.5 Å². The molecule has 2 fully saturated rings. The van der Waals surface area contributed by atoms with Crippen LogP contribution in [0.15, 0.2) is 41.3 Å². The van der Waals surface area contributed by atoms with Gasteiger partial charge in [-0.15, -0.1) is 0 Å². The molecule has 12 nitrogen and oxygen atoms in total. The van der Waals surface area contributed by atoms with Crippen LogP contribution in [0.1, 0.15) is 69.2 Å². The highest BCUT2D eigenvalue weighted by Crippen LogP contribution is 2.48. The van der Waals surface area contributed by atoms with Crippen LogP contribution >= 0.6 is 0 Å².